The zero-order valence-corrected chi connectivity index (χ0v) is 12.4. The Morgan fingerprint density at radius 2 is 2.26 bits per heavy atom. The van der Waals surface area contributed by atoms with Gasteiger partial charge in [-0.1, -0.05) is 6.07 Å². The first-order valence-electron chi connectivity index (χ1n) is 6.36. The number of hydrogen-bond donors (Lipinski definition) is 1. The summed E-state index contributed by atoms with van der Waals surface area (Å²) in [5.74, 6) is 0.862. The van der Waals surface area contributed by atoms with Crippen molar-refractivity contribution in [2.24, 2.45) is 0 Å². The van der Waals surface area contributed by atoms with Gasteiger partial charge in [-0.2, -0.15) is 0 Å². The molecule has 0 unspecified atom stereocenters. The van der Waals surface area contributed by atoms with Crippen LogP contribution in [0, 0.1) is 0 Å². The van der Waals surface area contributed by atoms with E-state index in [1.54, 1.807) is 23.8 Å². The molecule has 0 saturated heterocycles. The molecule has 0 bridgehead atoms. The molecule has 1 aromatic carbocycles. The van der Waals surface area contributed by atoms with E-state index >= 15 is 0 Å². The Hall–Kier alpha value is -1.36. The van der Waals surface area contributed by atoms with E-state index in [0.29, 0.717) is 12.6 Å². The lowest BCUT2D eigenvalue weighted by Gasteiger charge is -2.18. The lowest BCUT2D eigenvalue weighted by Crippen LogP contribution is -2.37. The number of ether oxygens (including phenoxy) is 1. The van der Waals surface area contributed by atoms with Crippen LogP contribution in [0.5, 0.6) is 5.75 Å². The minimum Gasteiger partial charge on any atom is -0.496 e. The molecule has 104 valence electrons. The third-order valence-electron chi connectivity index (χ3n) is 3.12. The molecular formula is C14H20N2O2S. The highest BCUT2D eigenvalue weighted by Crippen LogP contribution is 2.28. The fourth-order valence-corrected chi connectivity index (χ4v) is 2.38. The van der Waals surface area contributed by atoms with Crippen LogP contribution < -0.4 is 10.1 Å². The number of carbonyl (C=O) groups is 1. The van der Waals surface area contributed by atoms with E-state index < -0.39 is 0 Å². The van der Waals surface area contributed by atoms with Crippen LogP contribution in [0.1, 0.15) is 18.4 Å². The molecule has 2 amide bonds. The highest BCUT2D eigenvalue weighted by atomic mass is 32.2. The highest BCUT2D eigenvalue weighted by Gasteiger charge is 2.24. The molecule has 19 heavy (non-hydrogen) atoms. The van der Waals surface area contributed by atoms with Crippen molar-refractivity contribution < 1.29 is 9.53 Å². The number of methoxy groups -OCH3 is 1. The van der Waals surface area contributed by atoms with Crippen molar-refractivity contribution in [3.05, 3.63) is 23.8 Å². The first-order chi connectivity index (χ1) is 9.13. The van der Waals surface area contributed by atoms with E-state index in [1.165, 1.54) is 0 Å². The molecule has 1 N–H and O–H groups in total. The average Bonchev–Trinajstić information content (AvgIpc) is 3.22. The molecule has 2 rings (SSSR count). The van der Waals surface area contributed by atoms with Crippen molar-refractivity contribution in [2.75, 3.05) is 20.4 Å². The Bertz CT molecular complexity index is 461. The molecule has 1 fully saturated rings. The maximum Gasteiger partial charge on any atom is 0.317 e. The van der Waals surface area contributed by atoms with Gasteiger partial charge in [-0.15, -0.1) is 11.8 Å². The van der Waals surface area contributed by atoms with E-state index in [0.717, 1.165) is 29.1 Å². The van der Waals surface area contributed by atoms with Gasteiger partial charge in [0.25, 0.3) is 0 Å². The van der Waals surface area contributed by atoms with Crippen LogP contribution in [0.2, 0.25) is 0 Å². The lowest BCUT2D eigenvalue weighted by atomic mass is 10.2. The van der Waals surface area contributed by atoms with Gasteiger partial charge in [0, 0.05) is 24.5 Å². The Balaban J connectivity index is 1.99. The van der Waals surface area contributed by atoms with E-state index in [4.69, 9.17) is 4.74 Å². The second kappa shape index (κ2) is 6.19. The normalized spacial score (nSPS) is 14.1. The summed E-state index contributed by atoms with van der Waals surface area (Å²) in [7, 11) is 3.48. The Kier molecular flexibility index (Phi) is 4.58. The predicted octanol–water partition coefficient (Wildman–Crippen LogP) is 2.72. The first kappa shape index (κ1) is 14.1. The number of nitrogens with zero attached hydrogens (tertiary/aromatic N) is 1. The summed E-state index contributed by atoms with van der Waals surface area (Å²) in [6, 6.07) is 6.45. The topological polar surface area (TPSA) is 41.6 Å². The average molecular weight is 280 g/mol. The largest absolute Gasteiger partial charge is 0.496 e. The van der Waals surface area contributed by atoms with E-state index in [1.807, 2.05) is 31.5 Å². The molecule has 0 aromatic heterocycles. The number of nitrogens with one attached hydrogen (secondary N) is 1. The Labute approximate surface area is 118 Å². The molecule has 0 spiro atoms. The van der Waals surface area contributed by atoms with Crippen LogP contribution >= 0.6 is 11.8 Å². The third kappa shape index (κ3) is 3.80. The lowest BCUT2D eigenvalue weighted by molar-refractivity contribution is 0.206. The third-order valence-corrected chi connectivity index (χ3v) is 3.90. The van der Waals surface area contributed by atoms with E-state index in [9.17, 15) is 4.79 Å². The standard InChI is InChI=1S/C14H20N2O2S/c1-16(14(17)15-11-5-6-11)9-10-4-7-13(19-3)12(8-10)18-2/h4,7-8,11H,5-6,9H2,1-3H3,(H,15,17). The second-order valence-electron chi connectivity index (χ2n) is 4.77. The van der Waals surface area contributed by atoms with Gasteiger partial charge < -0.3 is 15.0 Å². The van der Waals surface area contributed by atoms with Crippen molar-refractivity contribution in [3.63, 3.8) is 0 Å². The van der Waals surface area contributed by atoms with Crippen molar-refractivity contribution in [1.29, 1.82) is 0 Å². The van der Waals surface area contributed by atoms with Crippen molar-refractivity contribution >= 4 is 17.8 Å². The number of hydrogen-bond acceptors (Lipinski definition) is 3. The molecule has 0 atom stereocenters. The monoisotopic (exact) mass is 280 g/mol. The predicted molar refractivity (Wildman–Crippen MR) is 77.8 cm³/mol. The van der Waals surface area contributed by atoms with Crippen molar-refractivity contribution in [2.45, 2.75) is 30.3 Å². The SMILES string of the molecule is COc1cc(CN(C)C(=O)NC2CC2)ccc1SC. The summed E-state index contributed by atoms with van der Waals surface area (Å²) < 4.78 is 5.35. The molecule has 0 radical (unpaired) electrons. The second-order valence-corrected chi connectivity index (χ2v) is 5.62. The van der Waals surface area contributed by atoms with E-state index in [2.05, 4.69) is 5.32 Å². The summed E-state index contributed by atoms with van der Waals surface area (Å²) >= 11 is 1.65. The molecule has 1 aromatic rings. The van der Waals surface area contributed by atoms with Crippen LogP contribution in [0.15, 0.2) is 23.1 Å². The number of amides is 2. The first-order valence-corrected chi connectivity index (χ1v) is 7.59. The number of carbonyl (C=O) groups excluding carboxylic acids is 1. The number of urea groups is 1. The van der Waals surface area contributed by atoms with Crippen molar-refractivity contribution in [3.8, 4) is 5.75 Å². The zero-order chi connectivity index (χ0) is 13.8. The minimum absolute atomic E-state index is 0.00425. The summed E-state index contributed by atoms with van der Waals surface area (Å²) in [6.07, 6.45) is 4.23. The summed E-state index contributed by atoms with van der Waals surface area (Å²) in [6.45, 7) is 0.587. The minimum atomic E-state index is -0.00425. The van der Waals surface area contributed by atoms with Gasteiger partial charge in [0.2, 0.25) is 0 Å². The summed E-state index contributed by atoms with van der Waals surface area (Å²) in [5, 5.41) is 2.98. The zero-order valence-electron chi connectivity index (χ0n) is 11.6. The summed E-state index contributed by atoms with van der Waals surface area (Å²) in [4.78, 5) is 14.7. The Morgan fingerprint density at radius 1 is 1.53 bits per heavy atom. The quantitative estimate of drug-likeness (QED) is 0.843. The highest BCUT2D eigenvalue weighted by molar-refractivity contribution is 7.98. The molecule has 1 saturated carbocycles. The molecule has 0 heterocycles. The number of rotatable bonds is 5. The maximum absolute atomic E-state index is 11.9. The Morgan fingerprint density at radius 3 is 2.84 bits per heavy atom. The summed E-state index contributed by atoms with van der Waals surface area (Å²) in [5.41, 5.74) is 1.07. The molecule has 0 aliphatic heterocycles. The van der Waals surface area contributed by atoms with Crippen molar-refractivity contribution in [1.82, 2.24) is 10.2 Å². The fraction of sp³-hybridized carbons (Fsp3) is 0.500. The van der Waals surface area contributed by atoms with Crippen LogP contribution in [-0.4, -0.2) is 37.4 Å². The van der Waals surface area contributed by atoms with Crippen LogP contribution in [0.25, 0.3) is 0 Å². The number of thioether (sulfide) groups is 1. The number of benzene rings is 1. The smallest absolute Gasteiger partial charge is 0.317 e. The van der Waals surface area contributed by atoms with Gasteiger partial charge in [0.15, 0.2) is 0 Å². The van der Waals surface area contributed by atoms with Gasteiger partial charge in [-0.3, -0.25) is 0 Å². The molecule has 1 aliphatic rings. The van der Waals surface area contributed by atoms with Crippen LogP contribution in [0.4, 0.5) is 4.79 Å². The molecule has 1 aliphatic carbocycles. The molecule has 5 heteroatoms. The van der Waals surface area contributed by atoms with Crippen LogP contribution in [-0.2, 0) is 6.54 Å². The fourth-order valence-electron chi connectivity index (χ4n) is 1.84. The van der Waals surface area contributed by atoms with Gasteiger partial charge >= 0.3 is 6.03 Å². The van der Waals surface area contributed by atoms with Gasteiger partial charge in [-0.05, 0) is 36.8 Å². The van der Waals surface area contributed by atoms with E-state index in [-0.39, 0.29) is 6.03 Å². The van der Waals surface area contributed by atoms with Gasteiger partial charge in [0.05, 0.1) is 7.11 Å². The maximum atomic E-state index is 11.9. The van der Waals surface area contributed by atoms with Gasteiger partial charge in [-0.25, -0.2) is 4.79 Å². The molecular weight excluding hydrogens is 260 g/mol. The van der Waals surface area contributed by atoms with Gasteiger partial charge in [0.1, 0.15) is 5.75 Å². The molecule has 4 nitrogen and oxygen atoms in total. The van der Waals surface area contributed by atoms with Crippen LogP contribution in [0.3, 0.4) is 0 Å².